The molecule has 0 aromatic heterocycles. The summed E-state index contributed by atoms with van der Waals surface area (Å²) in [4.78, 5) is 4.26. The summed E-state index contributed by atoms with van der Waals surface area (Å²) in [5.74, 6) is 2.35. The van der Waals surface area contributed by atoms with Gasteiger partial charge in [-0.2, -0.15) is 0 Å². The van der Waals surface area contributed by atoms with Crippen LogP contribution < -0.4 is 20.1 Å². The van der Waals surface area contributed by atoms with Crippen LogP contribution >= 0.6 is 0 Å². The second-order valence-corrected chi connectivity index (χ2v) is 5.63. The lowest BCUT2D eigenvalue weighted by molar-refractivity contribution is 0.354. The standard InChI is InChI=1S/C20H27N3O2/c1-21-20(23-15-17-8-5-4-6-9-17)22-13-7-10-16-11-12-18(24-2)19(14-16)25-3/h4-6,8-9,11-12,14H,7,10,13,15H2,1-3H3,(H2,21,22,23). The fourth-order valence-electron chi connectivity index (χ4n) is 2.54. The van der Waals surface area contributed by atoms with Crippen molar-refractivity contribution in [3.63, 3.8) is 0 Å². The van der Waals surface area contributed by atoms with Gasteiger partial charge in [0.05, 0.1) is 14.2 Å². The van der Waals surface area contributed by atoms with Crippen molar-refractivity contribution in [2.24, 2.45) is 4.99 Å². The summed E-state index contributed by atoms with van der Waals surface area (Å²) in [5.41, 5.74) is 2.46. The van der Waals surface area contributed by atoms with Gasteiger partial charge in [0.15, 0.2) is 17.5 Å². The van der Waals surface area contributed by atoms with Crippen molar-refractivity contribution < 1.29 is 9.47 Å². The van der Waals surface area contributed by atoms with Gasteiger partial charge in [0.25, 0.3) is 0 Å². The van der Waals surface area contributed by atoms with Crippen LogP contribution in [0.15, 0.2) is 53.5 Å². The monoisotopic (exact) mass is 341 g/mol. The van der Waals surface area contributed by atoms with E-state index in [0.717, 1.165) is 43.4 Å². The van der Waals surface area contributed by atoms with Crippen molar-refractivity contribution in [3.8, 4) is 11.5 Å². The smallest absolute Gasteiger partial charge is 0.191 e. The predicted molar refractivity (Wildman–Crippen MR) is 103 cm³/mol. The summed E-state index contributed by atoms with van der Waals surface area (Å²) in [6.07, 6.45) is 1.96. The number of benzene rings is 2. The molecule has 0 unspecified atom stereocenters. The van der Waals surface area contributed by atoms with E-state index in [-0.39, 0.29) is 0 Å². The molecule has 5 heteroatoms. The normalized spacial score (nSPS) is 11.1. The molecule has 2 rings (SSSR count). The molecule has 134 valence electrons. The van der Waals surface area contributed by atoms with Gasteiger partial charge in [-0.15, -0.1) is 0 Å². The molecule has 25 heavy (non-hydrogen) atoms. The van der Waals surface area contributed by atoms with Crippen LogP contribution in [0.4, 0.5) is 0 Å². The number of rotatable bonds is 8. The van der Waals surface area contributed by atoms with Crippen LogP contribution in [-0.2, 0) is 13.0 Å². The maximum Gasteiger partial charge on any atom is 0.191 e. The zero-order chi connectivity index (χ0) is 17.9. The average Bonchev–Trinajstić information content (AvgIpc) is 2.68. The van der Waals surface area contributed by atoms with E-state index in [9.17, 15) is 0 Å². The molecular formula is C20H27N3O2. The maximum atomic E-state index is 5.34. The minimum absolute atomic E-state index is 0.759. The molecule has 0 aliphatic carbocycles. The van der Waals surface area contributed by atoms with Crippen LogP contribution in [0.25, 0.3) is 0 Å². The van der Waals surface area contributed by atoms with Crippen LogP contribution in [-0.4, -0.2) is 33.8 Å². The van der Waals surface area contributed by atoms with Crippen molar-refractivity contribution >= 4 is 5.96 Å². The highest BCUT2D eigenvalue weighted by atomic mass is 16.5. The van der Waals surface area contributed by atoms with Crippen molar-refractivity contribution in [2.45, 2.75) is 19.4 Å². The Morgan fingerprint density at radius 2 is 1.68 bits per heavy atom. The molecule has 2 aromatic carbocycles. The Labute approximate surface area is 150 Å². The van der Waals surface area contributed by atoms with Gasteiger partial charge in [-0.1, -0.05) is 36.4 Å². The Balaban J connectivity index is 1.74. The molecular weight excluding hydrogens is 314 g/mol. The lowest BCUT2D eigenvalue weighted by Gasteiger charge is -2.12. The van der Waals surface area contributed by atoms with E-state index < -0.39 is 0 Å². The second kappa shape index (κ2) is 10.2. The van der Waals surface area contributed by atoms with E-state index in [1.54, 1.807) is 21.3 Å². The number of methoxy groups -OCH3 is 2. The maximum absolute atomic E-state index is 5.34. The van der Waals surface area contributed by atoms with E-state index in [1.807, 2.05) is 30.3 Å². The molecule has 0 aliphatic heterocycles. The van der Waals surface area contributed by atoms with Gasteiger partial charge in [-0.05, 0) is 36.1 Å². The number of nitrogens with zero attached hydrogens (tertiary/aromatic N) is 1. The number of nitrogens with one attached hydrogen (secondary N) is 2. The van der Waals surface area contributed by atoms with Gasteiger partial charge in [-0.25, -0.2) is 0 Å². The first kappa shape index (κ1) is 18.6. The van der Waals surface area contributed by atoms with Crippen LogP contribution in [0.1, 0.15) is 17.5 Å². The average molecular weight is 341 g/mol. The van der Waals surface area contributed by atoms with Crippen LogP contribution in [0, 0.1) is 0 Å². The van der Waals surface area contributed by atoms with Crippen molar-refractivity contribution in [1.82, 2.24) is 10.6 Å². The first-order valence-corrected chi connectivity index (χ1v) is 8.46. The lowest BCUT2D eigenvalue weighted by Crippen LogP contribution is -2.37. The summed E-state index contributed by atoms with van der Waals surface area (Å²) in [6, 6.07) is 16.3. The van der Waals surface area contributed by atoms with Crippen molar-refractivity contribution in [2.75, 3.05) is 27.8 Å². The largest absolute Gasteiger partial charge is 0.493 e. The third-order valence-electron chi connectivity index (χ3n) is 3.91. The van der Waals surface area contributed by atoms with Crippen molar-refractivity contribution in [3.05, 3.63) is 59.7 Å². The molecule has 0 radical (unpaired) electrons. The molecule has 0 aliphatic rings. The molecule has 0 bridgehead atoms. The zero-order valence-corrected chi connectivity index (χ0v) is 15.2. The van der Waals surface area contributed by atoms with E-state index in [1.165, 1.54) is 11.1 Å². The molecule has 0 heterocycles. The third kappa shape index (κ3) is 6.03. The van der Waals surface area contributed by atoms with Gasteiger partial charge in [0.1, 0.15) is 0 Å². The van der Waals surface area contributed by atoms with Crippen LogP contribution in [0.5, 0.6) is 11.5 Å². The summed E-state index contributed by atoms with van der Waals surface area (Å²) in [7, 11) is 5.09. The Morgan fingerprint density at radius 1 is 0.920 bits per heavy atom. The van der Waals surface area contributed by atoms with Crippen LogP contribution in [0.2, 0.25) is 0 Å². The number of aryl methyl sites for hydroxylation is 1. The van der Waals surface area contributed by atoms with E-state index in [4.69, 9.17) is 9.47 Å². The molecule has 2 aromatic rings. The van der Waals surface area contributed by atoms with Gasteiger partial charge < -0.3 is 20.1 Å². The fraction of sp³-hybridized carbons (Fsp3) is 0.350. The number of ether oxygens (including phenoxy) is 2. The lowest BCUT2D eigenvalue weighted by atomic mass is 10.1. The quantitative estimate of drug-likeness (QED) is 0.440. The van der Waals surface area contributed by atoms with Gasteiger partial charge in [0, 0.05) is 20.1 Å². The Morgan fingerprint density at radius 3 is 2.36 bits per heavy atom. The Hall–Kier alpha value is -2.69. The van der Waals surface area contributed by atoms with Gasteiger partial charge in [-0.3, -0.25) is 4.99 Å². The topological polar surface area (TPSA) is 54.9 Å². The Kier molecular flexibility index (Phi) is 7.63. The molecule has 0 saturated carbocycles. The summed E-state index contributed by atoms with van der Waals surface area (Å²) in [6.45, 7) is 1.61. The molecule has 0 atom stereocenters. The zero-order valence-electron chi connectivity index (χ0n) is 15.2. The molecule has 0 spiro atoms. The minimum atomic E-state index is 0.759. The van der Waals surface area contributed by atoms with E-state index in [2.05, 4.69) is 33.8 Å². The first-order chi connectivity index (χ1) is 12.3. The van der Waals surface area contributed by atoms with E-state index >= 15 is 0 Å². The number of hydrogen-bond donors (Lipinski definition) is 2. The first-order valence-electron chi connectivity index (χ1n) is 8.46. The van der Waals surface area contributed by atoms with E-state index in [0.29, 0.717) is 0 Å². The molecule has 0 amide bonds. The number of hydrogen-bond acceptors (Lipinski definition) is 3. The highest BCUT2D eigenvalue weighted by Gasteiger charge is 2.04. The molecule has 0 saturated heterocycles. The summed E-state index contributed by atoms with van der Waals surface area (Å²) >= 11 is 0. The Bertz CT molecular complexity index is 672. The molecule has 2 N–H and O–H groups in total. The van der Waals surface area contributed by atoms with Crippen LogP contribution in [0.3, 0.4) is 0 Å². The summed E-state index contributed by atoms with van der Waals surface area (Å²) < 4.78 is 10.6. The molecule has 0 fully saturated rings. The summed E-state index contributed by atoms with van der Waals surface area (Å²) in [5, 5.41) is 6.66. The molecule has 5 nitrogen and oxygen atoms in total. The SMILES string of the molecule is CN=C(NCCCc1ccc(OC)c(OC)c1)NCc1ccccc1. The van der Waals surface area contributed by atoms with Gasteiger partial charge in [0.2, 0.25) is 0 Å². The highest BCUT2D eigenvalue weighted by Crippen LogP contribution is 2.27. The highest BCUT2D eigenvalue weighted by molar-refractivity contribution is 5.79. The van der Waals surface area contributed by atoms with Crippen molar-refractivity contribution in [1.29, 1.82) is 0 Å². The minimum Gasteiger partial charge on any atom is -0.493 e. The van der Waals surface area contributed by atoms with Gasteiger partial charge >= 0.3 is 0 Å². The second-order valence-electron chi connectivity index (χ2n) is 5.63. The fourth-order valence-corrected chi connectivity index (χ4v) is 2.54. The number of guanidine groups is 1. The number of aliphatic imine (C=N–C) groups is 1. The predicted octanol–water partition coefficient (Wildman–Crippen LogP) is 3.00. The third-order valence-corrected chi connectivity index (χ3v) is 3.91.